The van der Waals surface area contributed by atoms with E-state index in [-0.39, 0.29) is 13.2 Å². The lowest BCUT2D eigenvalue weighted by molar-refractivity contribution is 0.0519. The lowest BCUT2D eigenvalue weighted by Crippen LogP contribution is -2.21. The number of hydrogen-bond acceptors (Lipinski definition) is 5. The third-order valence-electron chi connectivity index (χ3n) is 1.39. The zero-order chi connectivity index (χ0) is 13.7. The monoisotopic (exact) mass is 244 g/mol. The van der Waals surface area contributed by atoms with Crippen LogP contribution in [-0.4, -0.2) is 39.5 Å². The molecule has 2 N–H and O–H groups in total. The van der Waals surface area contributed by atoms with Gasteiger partial charge in [-0.1, -0.05) is 27.7 Å². The van der Waals surface area contributed by atoms with E-state index >= 15 is 0 Å². The van der Waals surface area contributed by atoms with Crippen LogP contribution in [0.3, 0.4) is 0 Å². The molecule has 0 aliphatic rings. The van der Waals surface area contributed by atoms with Crippen LogP contribution in [0.15, 0.2) is 12.4 Å². The first-order valence-corrected chi connectivity index (χ1v) is 5.92. The predicted octanol–water partition coefficient (Wildman–Crippen LogP) is 1.57. The fraction of sp³-hybridized carbons (Fsp3) is 0.667. The Labute approximate surface area is 104 Å². The van der Waals surface area contributed by atoms with Crippen LogP contribution in [0.5, 0.6) is 5.88 Å². The van der Waals surface area contributed by atoms with Crippen LogP contribution in [0, 0.1) is 6.92 Å². The average Bonchev–Trinajstić information content (AvgIpc) is 2.42. The van der Waals surface area contributed by atoms with Crippen LogP contribution in [0.4, 0.5) is 0 Å². The minimum atomic E-state index is -0.872. The van der Waals surface area contributed by atoms with Gasteiger partial charge in [-0.2, -0.15) is 0 Å². The van der Waals surface area contributed by atoms with Gasteiger partial charge in [0, 0.05) is 0 Å². The highest BCUT2D eigenvalue weighted by atomic mass is 16.5. The highest BCUT2D eigenvalue weighted by molar-refractivity contribution is 5.05. The largest absolute Gasteiger partial charge is 0.474 e. The number of nitrogens with zero attached hydrogens (tertiary/aromatic N) is 2. The zero-order valence-electron chi connectivity index (χ0n) is 11.3. The average molecular weight is 244 g/mol. The van der Waals surface area contributed by atoms with Crippen molar-refractivity contribution in [2.24, 2.45) is 0 Å². The second-order valence-electron chi connectivity index (χ2n) is 2.64. The predicted molar refractivity (Wildman–Crippen MR) is 68.1 cm³/mol. The summed E-state index contributed by atoms with van der Waals surface area (Å²) in [7, 11) is 0. The molecule has 1 unspecified atom stereocenters. The van der Waals surface area contributed by atoms with Gasteiger partial charge in [0.1, 0.15) is 12.7 Å². The molecular formula is C12H24N2O3. The summed E-state index contributed by atoms with van der Waals surface area (Å²) in [6.45, 7) is 9.52. The van der Waals surface area contributed by atoms with Crippen molar-refractivity contribution in [3.8, 4) is 5.88 Å². The molecule has 0 aromatic carbocycles. The van der Waals surface area contributed by atoms with Crippen LogP contribution in [-0.2, 0) is 0 Å². The molecule has 0 amide bonds. The second kappa shape index (κ2) is 12.9. The Morgan fingerprint density at radius 3 is 2.18 bits per heavy atom. The van der Waals surface area contributed by atoms with Crippen molar-refractivity contribution in [3.05, 3.63) is 18.1 Å². The topological polar surface area (TPSA) is 75.5 Å². The summed E-state index contributed by atoms with van der Waals surface area (Å²) >= 11 is 0. The maximum Gasteiger partial charge on any atom is 0.232 e. The lowest BCUT2D eigenvalue weighted by atomic mass is 10.4. The maximum atomic E-state index is 8.95. The number of aryl methyl sites for hydroxylation is 1. The summed E-state index contributed by atoms with van der Waals surface area (Å²) in [6.07, 6.45) is 2.17. The van der Waals surface area contributed by atoms with Crippen molar-refractivity contribution in [3.63, 3.8) is 0 Å². The summed E-state index contributed by atoms with van der Waals surface area (Å²) in [6, 6.07) is 0. The smallest absolute Gasteiger partial charge is 0.232 e. The number of aliphatic hydroxyl groups excluding tert-OH is 2. The molecular weight excluding hydrogens is 220 g/mol. The lowest BCUT2D eigenvalue weighted by Gasteiger charge is -2.08. The van der Waals surface area contributed by atoms with E-state index in [0.717, 1.165) is 5.69 Å². The van der Waals surface area contributed by atoms with Gasteiger partial charge in [-0.25, -0.2) is 4.98 Å². The Hall–Kier alpha value is -1.20. The SMILES string of the molecule is CC.CC.Cc1cnc(OCC(O)CO)cn1. The van der Waals surface area contributed by atoms with E-state index in [0.29, 0.717) is 5.88 Å². The molecule has 0 fully saturated rings. The molecule has 0 aliphatic carbocycles. The van der Waals surface area contributed by atoms with Crippen molar-refractivity contribution >= 4 is 0 Å². The number of aliphatic hydroxyl groups is 2. The Kier molecular flexibility index (Phi) is 13.8. The van der Waals surface area contributed by atoms with E-state index in [9.17, 15) is 0 Å². The molecule has 5 nitrogen and oxygen atoms in total. The molecule has 17 heavy (non-hydrogen) atoms. The normalized spacial score (nSPS) is 10.3. The molecule has 1 aromatic rings. The van der Waals surface area contributed by atoms with Gasteiger partial charge in [-0.05, 0) is 6.92 Å². The van der Waals surface area contributed by atoms with Crippen molar-refractivity contribution < 1.29 is 14.9 Å². The Bertz CT molecular complexity index is 252. The summed E-state index contributed by atoms with van der Waals surface area (Å²) in [5.74, 6) is 0.345. The number of rotatable bonds is 4. The first kappa shape index (κ1) is 18.2. The fourth-order valence-corrected chi connectivity index (χ4v) is 0.690. The molecule has 1 heterocycles. The Morgan fingerprint density at radius 2 is 1.76 bits per heavy atom. The molecule has 1 aromatic heterocycles. The summed E-state index contributed by atoms with van der Waals surface area (Å²) in [5.41, 5.74) is 0.801. The number of ether oxygens (including phenoxy) is 1. The molecule has 1 rings (SSSR count). The van der Waals surface area contributed by atoms with Gasteiger partial charge < -0.3 is 14.9 Å². The molecule has 0 saturated carbocycles. The highest BCUT2D eigenvalue weighted by Gasteiger charge is 2.03. The molecule has 5 heteroatoms. The molecule has 0 aliphatic heterocycles. The highest BCUT2D eigenvalue weighted by Crippen LogP contribution is 2.03. The number of hydrogen-bond donors (Lipinski definition) is 2. The minimum Gasteiger partial charge on any atom is -0.474 e. The van der Waals surface area contributed by atoms with Gasteiger partial charge in [0.15, 0.2) is 0 Å². The van der Waals surface area contributed by atoms with Crippen LogP contribution >= 0.6 is 0 Å². The summed E-state index contributed by atoms with van der Waals surface area (Å²) in [4.78, 5) is 7.86. The van der Waals surface area contributed by atoms with Gasteiger partial charge in [0.2, 0.25) is 5.88 Å². The van der Waals surface area contributed by atoms with Crippen molar-refractivity contribution in [2.45, 2.75) is 40.7 Å². The first-order valence-electron chi connectivity index (χ1n) is 5.92. The fourth-order valence-electron chi connectivity index (χ4n) is 0.690. The van der Waals surface area contributed by atoms with Crippen LogP contribution in [0.1, 0.15) is 33.4 Å². The van der Waals surface area contributed by atoms with E-state index in [1.165, 1.54) is 6.20 Å². The molecule has 0 spiro atoms. The molecule has 100 valence electrons. The van der Waals surface area contributed by atoms with Crippen molar-refractivity contribution in [1.82, 2.24) is 9.97 Å². The van der Waals surface area contributed by atoms with Crippen LogP contribution in [0.25, 0.3) is 0 Å². The van der Waals surface area contributed by atoms with E-state index in [1.54, 1.807) is 6.20 Å². The van der Waals surface area contributed by atoms with E-state index in [1.807, 2.05) is 34.6 Å². The van der Waals surface area contributed by atoms with Gasteiger partial charge in [-0.15, -0.1) is 0 Å². The van der Waals surface area contributed by atoms with E-state index in [2.05, 4.69) is 9.97 Å². The van der Waals surface area contributed by atoms with Gasteiger partial charge in [-0.3, -0.25) is 4.98 Å². The van der Waals surface area contributed by atoms with Gasteiger partial charge >= 0.3 is 0 Å². The van der Waals surface area contributed by atoms with Crippen molar-refractivity contribution in [2.75, 3.05) is 13.2 Å². The first-order chi connectivity index (χ1) is 8.22. The number of aromatic nitrogens is 2. The van der Waals surface area contributed by atoms with Gasteiger partial charge in [0.05, 0.1) is 24.7 Å². The quantitative estimate of drug-likeness (QED) is 0.840. The Balaban J connectivity index is 0. The third-order valence-corrected chi connectivity index (χ3v) is 1.39. The summed E-state index contributed by atoms with van der Waals surface area (Å²) < 4.78 is 5.03. The molecule has 0 radical (unpaired) electrons. The summed E-state index contributed by atoms with van der Waals surface area (Å²) in [5, 5.41) is 17.4. The Morgan fingerprint density at radius 1 is 1.18 bits per heavy atom. The van der Waals surface area contributed by atoms with Crippen LogP contribution in [0.2, 0.25) is 0 Å². The van der Waals surface area contributed by atoms with Crippen molar-refractivity contribution in [1.29, 1.82) is 0 Å². The molecule has 0 bridgehead atoms. The van der Waals surface area contributed by atoms with E-state index in [4.69, 9.17) is 14.9 Å². The molecule has 1 atom stereocenters. The molecule has 0 saturated heterocycles. The van der Waals surface area contributed by atoms with Crippen LogP contribution < -0.4 is 4.74 Å². The third kappa shape index (κ3) is 9.71. The van der Waals surface area contributed by atoms with Gasteiger partial charge in [0.25, 0.3) is 0 Å². The standard InChI is InChI=1S/C8H12N2O3.2C2H6/c1-6-2-10-8(3-9-6)13-5-7(12)4-11;2*1-2/h2-3,7,11-12H,4-5H2,1H3;2*1-2H3. The van der Waals surface area contributed by atoms with E-state index < -0.39 is 6.10 Å². The zero-order valence-corrected chi connectivity index (χ0v) is 11.3. The minimum absolute atomic E-state index is 0.0221. The second-order valence-corrected chi connectivity index (χ2v) is 2.64. The maximum absolute atomic E-state index is 8.95.